The van der Waals surface area contributed by atoms with Crippen molar-refractivity contribution in [3.8, 4) is 0 Å². The molecule has 5 heteroatoms. The van der Waals surface area contributed by atoms with Crippen LogP contribution in [0, 0.1) is 17.0 Å². The number of nitrogens with zero attached hydrogens (tertiary/aromatic N) is 2. The van der Waals surface area contributed by atoms with Crippen LogP contribution in [-0.2, 0) is 5.33 Å². The Hall–Kier alpha value is -1.88. The number of halogens is 1. The summed E-state index contributed by atoms with van der Waals surface area (Å²) >= 11 is 3.39. The highest BCUT2D eigenvalue weighted by Gasteiger charge is 2.13. The predicted molar refractivity (Wildman–Crippen MR) is 85.0 cm³/mol. The van der Waals surface area contributed by atoms with Crippen molar-refractivity contribution in [2.24, 2.45) is 0 Å². The highest BCUT2D eigenvalue weighted by molar-refractivity contribution is 9.08. The first kappa shape index (κ1) is 14.5. The molecule has 2 rings (SSSR count). The van der Waals surface area contributed by atoms with Gasteiger partial charge in [0.25, 0.3) is 5.69 Å². The van der Waals surface area contributed by atoms with Gasteiger partial charge in [-0.05, 0) is 30.7 Å². The summed E-state index contributed by atoms with van der Waals surface area (Å²) in [5, 5.41) is 11.4. The molecule has 0 atom stereocenters. The van der Waals surface area contributed by atoms with E-state index in [1.807, 2.05) is 43.1 Å². The summed E-state index contributed by atoms with van der Waals surface area (Å²) in [5.74, 6) is 0. The molecule has 0 radical (unpaired) electrons. The van der Waals surface area contributed by atoms with Gasteiger partial charge in [-0.15, -0.1) is 0 Å². The van der Waals surface area contributed by atoms with Crippen molar-refractivity contribution in [2.75, 3.05) is 11.9 Å². The molecule has 2 aromatic carbocycles. The smallest absolute Gasteiger partial charge is 0.269 e. The molecule has 20 heavy (non-hydrogen) atoms. The van der Waals surface area contributed by atoms with Crippen molar-refractivity contribution in [1.29, 1.82) is 0 Å². The van der Waals surface area contributed by atoms with Gasteiger partial charge in [0.1, 0.15) is 0 Å². The van der Waals surface area contributed by atoms with Gasteiger partial charge in [-0.2, -0.15) is 0 Å². The summed E-state index contributed by atoms with van der Waals surface area (Å²) < 4.78 is 0. The van der Waals surface area contributed by atoms with Crippen molar-refractivity contribution in [3.05, 3.63) is 63.7 Å². The van der Waals surface area contributed by atoms with E-state index >= 15 is 0 Å². The van der Waals surface area contributed by atoms with Crippen LogP contribution in [0.25, 0.3) is 0 Å². The molecule has 104 valence electrons. The van der Waals surface area contributed by atoms with Gasteiger partial charge < -0.3 is 4.90 Å². The van der Waals surface area contributed by atoms with Crippen LogP contribution in [0.4, 0.5) is 17.1 Å². The molecule has 0 heterocycles. The van der Waals surface area contributed by atoms with E-state index in [1.165, 1.54) is 11.6 Å². The van der Waals surface area contributed by atoms with E-state index in [9.17, 15) is 10.1 Å². The summed E-state index contributed by atoms with van der Waals surface area (Å²) in [6.07, 6.45) is 0. The van der Waals surface area contributed by atoms with Crippen LogP contribution in [-0.4, -0.2) is 12.0 Å². The van der Waals surface area contributed by atoms with E-state index in [0.29, 0.717) is 5.33 Å². The van der Waals surface area contributed by atoms with Gasteiger partial charge in [-0.1, -0.05) is 33.6 Å². The highest BCUT2D eigenvalue weighted by atomic mass is 79.9. The lowest BCUT2D eigenvalue weighted by atomic mass is 10.1. The number of anilines is 2. The number of nitro benzene ring substituents is 1. The molecule has 0 N–H and O–H groups in total. The van der Waals surface area contributed by atoms with Crippen LogP contribution in [0.5, 0.6) is 0 Å². The number of benzene rings is 2. The fraction of sp³-hybridized carbons (Fsp3) is 0.200. The first-order valence-corrected chi connectivity index (χ1v) is 7.28. The second kappa shape index (κ2) is 6.05. The molecule has 0 unspecified atom stereocenters. The van der Waals surface area contributed by atoms with E-state index in [4.69, 9.17) is 0 Å². The third-order valence-electron chi connectivity index (χ3n) is 3.20. The average Bonchev–Trinajstić information content (AvgIpc) is 2.46. The van der Waals surface area contributed by atoms with Crippen LogP contribution in [0.15, 0.2) is 42.5 Å². The largest absolute Gasteiger partial charge is 0.344 e. The monoisotopic (exact) mass is 334 g/mol. The van der Waals surface area contributed by atoms with Crippen molar-refractivity contribution in [3.63, 3.8) is 0 Å². The third kappa shape index (κ3) is 2.99. The summed E-state index contributed by atoms with van der Waals surface area (Å²) in [7, 11) is 1.96. The summed E-state index contributed by atoms with van der Waals surface area (Å²) in [5.41, 5.74) is 4.21. The lowest BCUT2D eigenvalue weighted by Crippen LogP contribution is -2.11. The van der Waals surface area contributed by atoms with Gasteiger partial charge in [-0.3, -0.25) is 10.1 Å². The Labute approximate surface area is 126 Å². The molecule has 0 aliphatic carbocycles. The Bertz CT molecular complexity index is 626. The van der Waals surface area contributed by atoms with E-state index in [1.54, 1.807) is 12.1 Å². The number of hydrogen-bond acceptors (Lipinski definition) is 3. The molecule has 0 aromatic heterocycles. The van der Waals surface area contributed by atoms with Crippen LogP contribution in [0.1, 0.15) is 11.1 Å². The van der Waals surface area contributed by atoms with Gasteiger partial charge in [0, 0.05) is 35.9 Å². The van der Waals surface area contributed by atoms with E-state index in [2.05, 4.69) is 15.9 Å². The van der Waals surface area contributed by atoms with Crippen LogP contribution >= 0.6 is 15.9 Å². The number of rotatable bonds is 4. The maximum absolute atomic E-state index is 10.8. The number of non-ortho nitro benzene ring substituents is 1. The fourth-order valence-electron chi connectivity index (χ4n) is 2.03. The topological polar surface area (TPSA) is 46.4 Å². The first-order valence-electron chi connectivity index (χ1n) is 6.16. The molecule has 0 spiro atoms. The Balaban J connectivity index is 2.41. The Morgan fingerprint density at radius 3 is 2.40 bits per heavy atom. The molecular weight excluding hydrogens is 320 g/mol. The van der Waals surface area contributed by atoms with E-state index in [-0.39, 0.29) is 10.6 Å². The van der Waals surface area contributed by atoms with Crippen LogP contribution in [0.2, 0.25) is 0 Å². The predicted octanol–water partition coefficient (Wildman–Crippen LogP) is 4.57. The number of hydrogen-bond donors (Lipinski definition) is 0. The number of alkyl halides is 1. The standard InChI is InChI=1S/C15H15BrN2O2/c1-11-3-5-13(6-4-11)17(2)15-8-7-14(18(19)20)9-12(15)10-16/h3-9H,10H2,1-2H3. The number of aryl methyl sites for hydroxylation is 1. The summed E-state index contributed by atoms with van der Waals surface area (Å²) in [6.45, 7) is 2.04. The second-order valence-corrected chi connectivity index (χ2v) is 5.16. The van der Waals surface area contributed by atoms with Crippen molar-refractivity contribution >= 4 is 33.0 Å². The second-order valence-electron chi connectivity index (χ2n) is 4.60. The molecule has 2 aromatic rings. The van der Waals surface area contributed by atoms with Gasteiger partial charge in [0.05, 0.1) is 4.92 Å². The zero-order chi connectivity index (χ0) is 14.7. The van der Waals surface area contributed by atoms with Gasteiger partial charge in [-0.25, -0.2) is 0 Å². The molecule has 4 nitrogen and oxygen atoms in total. The minimum atomic E-state index is -0.373. The van der Waals surface area contributed by atoms with Crippen molar-refractivity contribution < 1.29 is 4.92 Å². The number of nitro groups is 1. The molecule has 0 bridgehead atoms. The summed E-state index contributed by atoms with van der Waals surface area (Å²) in [4.78, 5) is 12.5. The van der Waals surface area contributed by atoms with E-state index in [0.717, 1.165) is 16.9 Å². The lowest BCUT2D eigenvalue weighted by Gasteiger charge is -2.22. The maximum Gasteiger partial charge on any atom is 0.269 e. The molecule has 0 fully saturated rings. The highest BCUT2D eigenvalue weighted by Crippen LogP contribution is 2.31. The quantitative estimate of drug-likeness (QED) is 0.467. The van der Waals surface area contributed by atoms with Gasteiger partial charge in [0.15, 0.2) is 0 Å². The van der Waals surface area contributed by atoms with Crippen LogP contribution < -0.4 is 4.90 Å². The molecule has 0 aliphatic rings. The molecule has 0 saturated carbocycles. The SMILES string of the molecule is Cc1ccc(N(C)c2ccc([N+](=O)[O-])cc2CBr)cc1. The fourth-order valence-corrected chi connectivity index (χ4v) is 2.48. The average molecular weight is 335 g/mol. The molecular formula is C15H15BrN2O2. The summed E-state index contributed by atoms with van der Waals surface area (Å²) in [6, 6.07) is 13.1. The zero-order valence-electron chi connectivity index (χ0n) is 11.3. The van der Waals surface area contributed by atoms with Gasteiger partial charge >= 0.3 is 0 Å². The Kier molecular flexibility index (Phi) is 4.39. The van der Waals surface area contributed by atoms with Crippen molar-refractivity contribution in [2.45, 2.75) is 12.3 Å². The van der Waals surface area contributed by atoms with Crippen molar-refractivity contribution in [1.82, 2.24) is 0 Å². The van der Waals surface area contributed by atoms with Gasteiger partial charge in [0.2, 0.25) is 0 Å². The Morgan fingerprint density at radius 2 is 1.85 bits per heavy atom. The molecule has 0 aliphatic heterocycles. The zero-order valence-corrected chi connectivity index (χ0v) is 12.9. The lowest BCUT2D eigenvalue weighted by molar-refractivity contribution is -0.384. The van der Waals surface area contributed by atoms with E-state index < -0.39 is 0 Å². The molecule has 0 saturated heterocycles. The maximum atomic E-state index is 10.8. The minimum absolute atomic E-state index is 0.112. The Morgan fingerprint density at radius 1 is 1.20 bits per heavy atom. The first-order chi connectivity index (χ1) is 9.52. The normalized spacial score (nSPS) is 10.3. The molecule has 0 amide bonds. The third-order valence-corrected chi connectivity index (χ3v) is 3.80. The van der Waals surface area contributed by atoms with Crippen LogP contribution in [0.3, 0.4) is 0 Å². The minimum Gasteiger partial charge on any atom is -0.344 e.